The first-order chi connectivity index (χ1) is 12.7. The normalized spacial score (nSPS) is 18.1. The van der Waals surface area contributed by atoms with E-state index in [4.69, 9.17) is 4.42 Å². The highest BCUT2D eigenvalue weighted by molar-refractivity contribution is 14.0. The minimum Gasteiger partial charge on any atom is -0.443 e. The van der Waals surface area contributed by atoms with Crippen LogP contribution in [-0.4, -0.2) is 73.6 Å². The molecule has 1 aliphatic rings. The predicted octanol–water partition coefficient (Wildman–Crippen LogP) is 2.53. The molecule has 162 valence electrons. The van der Waals surface area contributed by atoms with Gasteiger partial charge in [0.25, 0.3) is 0 Å². The number of guanidine groups is 1. The van der Waals surface area contributed by atoms with Gasteiger partial charge in [0.15, 0.2) is 5.96 Å². The summed E-state index contributed by atoms with van der Waals surface area (Å²) in [6.45, 7) is 16.9. The zero-order valence-corrected chi connectivity index (χ0v) is 20.9. The summed E-state index contributed by atoms with van der Waals surface area (Å²) in [5.41, 5.74) is -0.0296. The number of nitrogens with one attached hydrogen (secondary N) is 2. The number of hydrogen-bond donors (Lipinski definition) is 2. The largest absolute Gasteiger partial charge is 0.443 e. The Bertz CT molecular complexity index is 602. The Labute approximate surface area is 187 Å². The highest BCUT2D eigenvalue weighted by Crippen LogP contribution is 2.22. The van der Waals surface area contributed by atoms with Crippen molar-refractivity contribution in [1.82, 2.24) is 25.4 Å². The van der Waals surface area contributed by atoms with E-state index in [0.717, 1.165) is 44.4 Å². The van der Waals surface area contributed by atoms with Crippen LogP contribution in [0.15, 0.2) is 15.6 Å². The average molecular weight is 506 g/mol. The first kappa shape index (κ1) is 25.2. The summed E-state index contributed by atoms with van der Waals surface area (Å²) >= 11 is 0. The Morgan fingerprint density at radius 2 is 1.86 bits per heavy atom. The Morgan fingerprint density at radius 3 is 2.36 bits per heavy atom. The fraction of sp³-hybridized carbons (Fsp3) is 0.800. The van der Waals surface area contributed by atoms with Crippen LogP contribution >= 0.6 is 24.0 Å². The lowest BCUT2D eigenvalue weighted by Gasteiger charge is -2.40. The first-order valence-corrected chi connectivity index (χ1v) is 10.0. The van der Waals surface area contributed by atoms with Crippen molar-refractivity contribution in [3.05, 3.63) is 17.8 Å². The van der Waals surface area contributed by atoms with Gasteiger partial charge < -0.3 is 20.0 Å². The van der Waals surface area contributed by atoms with E-state index in [2.05, 4.69) is 72.1 Å². The lowest BCUT2D eigenvalue weighted by molar-refractivity contribution is 0.0900. The molecule has 1 fully saturated rings. The van der Waals surface area contributed by atoms with Gasteiger partial charge in [-0.2, -0.15) is 0 Å². The number of piperazine rings is 1. The molecule has 0 radical (unpaired) electrons. The number of hydrogen-bond acceptors (Lipinski definition) is 5. The third-order valence-corrected chi connectivity index (χ3v) is 5.18. The van der Waals surface area contributed by atoms with E-state index >= 15 is 0 Å². The Balaban J connectivity index is 0.00000392. The second-order valence-corrected chi connectivity index (χ2v) is 8.83. The van der Waals surface area contributed by atoms with Crippen molar-refractivity contribution in [2.24, 2.45) is 10.9 Å². The first-order valence-electron chi connectivity index (χ1n) is 10.0. The third kappa shape index (κ3) is 7.51. The molecule has 8 heteroatoms. The summed E-state index contributed by atoms with van der Waals surface area (Å²) < 4.78 is 5.84. The Morgan fingerprint density at radius 1 is 1.21 bits per heavy atom. The highest BCUT2D eigenvalue weighted by Gasteiger charge is 2.25. The Hall–Kier alpha value is -0.870. The monoisotopic (exact) mass is 506 g/mol. The number of nitrogens with zero attached hydrogens (tertiary/aromatic N) is 4. The lowest BCUT2D eigenvalue weighted by Crippen LogP contribution is -2.55. The molecule has 1 atom stereocenters. The van der Waals surface area contributed by atoms with E-state index in [-0.39, 0.29) is 29.4 Å². The van der Waals surface area contributed by atoms with E-state index < -0.39 is 0 Å². The quantitative estimate of drug-likeness (QED) is 0.351. The maximum Gasteiger partial charge on any atom is 0.213 e. The van der Waals surface area contributed by atoms with Gasteiger partial charge in [0.1, 0.15) is 5.76 Å². The minimum atomic E-state index is -0.0296. The van der Waals surface area contributed by atoms with Gasteiger partial charge in [-0.1, -0.05) is 34.6 Å². The maximum atomic E-state index is 5.84. The molecular formula is C20H39IN6O. The molecule has 1 unspecified atom stereocenters. The summed E-state index contributed by atoms with van der Waals surface area (Å²) in [6, 6.07) is 0.492. The van der Waals surface area contributed by atoms with Crippen molar-refractivity contribution < 1.29 is 4.42 Å². The van der Waals surface area contributed by atoms with Crippen LogP contribution in [0.4, 0.5) is 0 Å². The molecule has 1 aliphatic heterocycles. The Kier molecular flexibility index (Phi) is 10.2. The molecule has 0 aromatic carbocycles. The lowest BCUT2D eigenvalue weighted by atomic mass is 9.94. The molecule has 0 saturated carbocycles. The zero-order chi connectivity index (χ0) is 20.0. The van der Waals surface area contributed by atoms with Crippen molar-refractivity contribution in [1.29, 1.82) is 0 Å². The van der Waals surface area contributed by atoms with Gasteiger partial charge in [0.2, 0.25) is 5.89 Å². The van der Waals surface area contributed by atoms with Gasteiger partial charge >= 0.3 is 0 Å². The van der Waals surface area contributed by atoms with Crippen LogP contribution in [0.1, 0.15) is 46.3 Å². The van der Waals surface area contributed by atoms with Crippen LogP contribution in [0.5, 0.6) is 0 Å². The van der Waals surface area contributed by atoms with Crippen molar-refractivity contribution in [3.63, 3.8) is 0 Å². The second-order valence-electron chi connectivity index (χ2n) is 8.83. The van der Waals surface area contributed by atoms with Crippen LogP contribution < -0.4 is 10.6 Å². The summed E-state index contributed by atoms with van der Waals surface area (Å²) in [5, 5.41) is 6.79. The van der Waals surface area contributed by atoms with Crippen molar-refractivity contribution in [2.45, 2.75) is 52.6 Å². The van der Waals surface area contributed by atoms with E-state index in [1.54, 1.807) is 7.05 Å². The second kappa shape index (κ2) is 11.3. The third-order valence-electron chi connectivity index (χ3n) is 5.18. The van der Waals surface area contributed by atoms with E-state index in [9.17, 15) is 0 Å². The smallest absolute Gasteiger partial charge is 0.213 e. The van der Waals surface area contributed by atoms with Crippen LogP contribution in [0.3, 0.4) is 0 Å². The zero-order valence-electron chi connectivity index (χ0n) is 18.6. The fourth-order valence-electron chi connectivity index (χ4n) is 3.26. The molecule has 0 aliphatic carbocycles. The number of aliphatic imine (C=N–C) groups is 1. The molecule has 28 heavy (non-hydrogen) atoms. The van der Waals surface area contributed by atoms with Crippen LogP contribution in [0.2, 0.25) is 0 Å². The van der Waals surface area contributed by atoms with Gasteiger partial charge in [-0.3, -0.25) is 9.89 Å². The van der Waals surface area contributed by atoms with Crippen LogP contribution in [0.25, 0.3) is 0 Å². The topological polar surface area (TPSA) is 68.9 Å². The number of rotatable bonds is 6. The van der Waals surface area contributed by atoms with E-state index in [0.29, 0.717) is 24.4 Å². The van der Waals surface area contributed by atoms with Gasteiger partial charge in [0, 0.05) is 51.2 Å². The molecule has 0 bridgehead atoms. The molecule has 1 aromatic heterocycles. The molecular weight excluding hydrogens is 467 g/mol. The molecule has 0 amide bonds. The molecule has 1 aromatic rings. The maximum absolute atomic E-state index is 5.84. The number of likely N-dealkylation sites (N-methyl/N-ethyl adjacent to an activating group) is 1. The fourth-order valence-corrected chi connectivity index (χ4v) is 3.26. The van der Waals surface area contributed by atoms with Gasteiger partial charge in [-0.05, 0) is 13.0 Å². The molecule has 2 heterocycles. The summed E-state index contributed by atoms with van der Waals surface area (Å²) in [4.78, 5) is 13.7. The summed E-state index contributed by atoms with van der Waals surface area (Å²) in [7, 11) is 3.99. The summed E-state index contributed by atoms with van der Waals surface area (Å²) in [6.07, 6.45) is 1.81. The van der Waals surface area contributed by atoms with E-state index in [1.165, 1.54) is 0 Å². The van der Waals surface area contributed by atoms with Crippen LogP contribution in [-0.2, 0) is 12.0 Å². The summed E-state index contributed by atoms with van der Waals surface area (Å²) in [5.74, 6) is 2.95. The standard InChI is InChI=1S/C20H38N6O.HI/c1-15(2)16(26-10-8-25(7)9-11-26)12-23-19(21-6)24-14-18-22-13-17(27-18)20(3,4)5;/h13,15-16H,8-12,14H2,1-7H3,(H2,21,23,24);1H. The van der Waals surface area contributed by atoms with Gasteiger partial charge in [-0.15, -0.1) is 24.0 Å². The van der Waals surface area contributed by atoms with Crippen molar-refractivity contribution >= 4 is 29.9 Å². The van der Waals surface area contributed by atoms with Crippen LogP contribution in [0, 0.1) is 5.92 Å². The molecule has 2 rings (SSSR count). The average Bonchev–Trinajstić information content (AvgIpc) is 3.08. The number of aromatic nitrogens is 1. The van der Waals surface area contributed by atoms with Crippen molar-refractivity contribution in [3.8, 4) is 0 Å². The number of oxazole rings is 1. The van der Waals surface area contributed by atoms with E-state index in [1.807, 2.05) is 6.20 Å². The molecule has 2 N–H and O–H groups in total. The molecule has 7 nitrogen and oxygen atoms in total. The van der Waals surface area contributed by atoms with Gasteiger partial charge in [0.05, 0.1) is 12.7 Å². The SMILES string of the molecule is CN=C(NCc1ncc(C(C)(C)C)o1)NCC(C(C)C)N1CCN(C)CC1.I. The van der Waals surface area contributed by atoms with Crippen molar-refractivity contribution in [2.75, 3.05) is 46.8 Å². The molecule has 1 saturated heterocycles. The molecule has 0 spiro atoms. The highest BCUT2D eigenvalue weighted by atomic mass is 127. The number of halogens is 1. The minimum absolute atomic E-state index is 0. The van der Waals surface area contributed by atoms with Gasteiger partial charge in [-0.25, -0.2) is 4.98 Å². The predicted molar refractivity (Wildman–Crippen MR) is 127 cm³/mol.